The van der Waals surface area contributed by atoms with E-state index in [1.54, 1.807) is 12.1 Å². The van der Waals surface area contributed by atoms with Gasteiger partial charge in [0.1, 0.15) is 6.61 Å². The van der Waals surface area contributed by atoms with Crippen molar-refractivity contribution in [3.05, 3.63) is 29.6 Å². The fraction of sp³-hybridized carbons (Fsp3) is 0.538. The molecule has 0 spiro atoms. The lowest BCUT2D eigenvalue weighted by Crippen LogP contribution is -2.27. The Morgan fingerprint density at radius 1 is 1.26 bits per heavy atom. The molecule has 0 amide bonds. The first-order chi connectivity index (χ1) is 8.68. The van der Waals surface area contributed by atoms with Crippen LogP contribution in [0.15, 0.2) is 18.2 Å². The summed E-state index contributed by atoms with van der Waals surface area (Å²) >= 11 is 0. The standard InChI is InChI=1S/C13H16F3NO.ClH/c14-11-3-1-2-10(9-4-6-17-7-5-9)13(11)18-8-12(15)16;/h1-3,9,12,17H,4-8H2;1H. The van der Waals surface area contributed by atoms with Crippen molar-refractivity contribution in [3.63, 3.8) is 0 Å². The fourth-order valence-corrected chi connectivity index (χ4v) is 2.28. The van der Waals surface area contributed by atoms with E-state index in [9.17, 15) is 13.2 Å². The molecule has 2 rings (SSSR count). The zero-order chi connectivity index (χ0) is 13.0. The predicted octanol–water partition coefficient (Wildman–Crippen LogP) is 3.36. The van der Waals surface area contributed by atoms with Crippen molar-refractivity contribution in [2.24, 2.45) is 0 Å². The van der Waals surface area contributed by atoms with Crippen LogP contribution in [0.5, 0.6) is 5.75 Å². The lowest BCUT2D eigenvalue weighted by atomic mass is 9.89. The summed E-state index contributed by atoms with van der Waals surface area (Å²) in [4.78, 5) is 0. The summed E-state index contributed by atoms with van der Waals surface area (Å²) in [5, 5.41) is 3.21. The zero-order valence-corrected chi connectivity index (χ0v) is 11.2. The van der Waals surface area contributed by atoms with Gasteiger partial charge in [-0.15, -0.1) is 12.4 Å². The van der Waals surface area contributed by atoms with Gasteiger partial charge in [-0.25, -0.2) is 13.2 Å². The molecule has 1 aliphatic heterocycles. The van der Waals surface area contributed by atoms with Gasteiger partial charge in [-0.05, 0) is 37.9 Å². The largest absolute Gasteiger partial charge is 0.484 e. The first-order valence-corrected chi connectivity index (χ1v) is 6.08. The van der Waals surface area contributed by atoms with Crippen molar-refractivity contribution >= 4 is 12.4 Å². The molecule has 1 saturated heterocycles. The van der Waals surface area contributed by atoms with Crippen LogP contribution in [0.1, 0.15) is 24.3 Å². The Bertz CT molecular complexity index is 397. The average Bonchev–Trinajstić information content (AvgIpc) is 2.38. The molecule has 0 aliphatic carbocycles. The smallest absolute Gasteiger partial charge is 0.272 e. The van der Waals surface area contributed by atoms with E-state index in [2.05, 4.69) is 5.32 Å². The van der Waals surface area contributed by atoms with Gasteiger partial charge in [-0.3, -0.25) is 0 Å². The van der Waals surface area contributed by atoms with E-state index in [1.165, 1.54) is 6.07 Å². The molecule has 0 saturated carbocycles. The molecule has 0 radical (unpaired) electrons. The van der Waals surface area contributed by atoms with Crippen LogP contribution in [0.25, 0.3) is 0 Å². The minimum Gasteiger partial charge on any atom is -0.484 e. The molecule has 1 aromatic rings. The second-order valence-electron chi connectivity index (χ2n) is 4.38. The Hall–Kier alpha value is -0.940. The highest BCUT2D eigenvalue weighted by molar-refractivity contribution is 5.85. The Balaban J connectivity index is 0.00000180. The molecule has 0 atom stereocenters. The van der Waals surface area contributed by atoms with E-state index >= 15 is 0 Å². The van der Waals surface area contributed by atoms with Gasteiger partial charge in [-0.1, -0.05) is 12.1 Å². The lowest BCUT2D eigenvalue weighted by Gasteiger charge is -2.25. The van der Waals surface area contributed by atoms with E-state index in [0.717, 1.165) is 25.9 Å². The molecule has 0 unspecified atom stereocenters. The maximum absolute atomic E-state index is 13.7. The molecule has 1 N–H and O–H groups in total. The first kappa shape index (κ1) is 16.1. The van der Waals surface area contributed by atoms with Gasteiger partial charge in [0.25, 0.3) is 6.43 Å². The van der Waals surface area contributed by atoms with Crippen LogP contribution in [-0.4, -0.2) is 26.1 Å². The summed E-state index contributed by atoms with van der Waals surface area (Å²) in [7, 11) is 0. The summed E-state index contributed by atoms with van der Waals surface area (Å²) in [5.74, 6) is -0.397. The van der Waals surface area contributed by atoms with Gasteiger partial charge in [0.05, 0.1) is 0 Å². The maximum Gasteiger partial charge on any atom is 0.272 e. The number of hydrogen-bond donors (Lipinski definition) is 1. The van der Waals surface area contributed by atoms with Crippen molar-refractivity contribution in [2.45, 2.75) is 25.2 Å². The van der Waals surface area contributed by atoms with Gasteiger partial charge >= 0.3 is 0 Å². The molecule has 2 nitrogen and oxygen atoms in total. The number of alkyl halides is 2. The SMILES string of the molecule is Cl.Fc1cccc(C2CCNCC2)c1OCC(F)F. The molecular formula is C13H17ClF3NO. The van der Waals surface area contributed by atoms with E-state index in [4.69, 9.17) is 4.74 Å². The summed E-state index contributed by atoms with van der Waals surface area (Å²) in [6.07, 6.45) is -0.853. The Morgan fingerprint density at radius 2 is 1.95 bits per heavy atom. The molecule has 108 valence electrons. The average molecular weight is 296 g/mol. The van der Waals surface area contributed by atoms with Crippen LogP contribution < -0.4 is 10.1 Å². The first-order valence-electron chi connectivity index (χ1n) is 6.08. The monoisotopic (exact) mass is 295 g/mol. The van der Waals surface area contributed by atoms with Crippen LogP contribution >= 0.6 is 12.4 Å². The number of benzene rings is 1. The van der Waals surface area contributed by atoms with Crippen molar-refractivity contribution < 1.29 is 17.9 Å². The highest BCUT2D eigenvalue weighted by Gasteiger charge is 2.21. The molecule has 6 heteroatoms. The van der Waals surface area contributed by atoms with Crippen LogP contribution in [0, 0.1) is 5.82 Å². The predicted molar refractivity (Wildman–Crippen MR) is 70.0 cm³/mol. The van der Waals surface area contributed by atoms with E-state index < -0.39 is 18.8 Å². The Morgan fingerprint density at radius 3 is 2.58 bits per heavy atom. The maximum atomic E-state index is 13.7. The van der Waals surface area contributed by atoms with Crippen molar-refractivity contribution in [1.29, 1.82) is 0 Å². The molecule has 19 heavy (non-hydrogen) atoms. The van der Waals surface area contributed by atoms with E-state index in [-0.39, 0.29) is 24.1 Å². The highest BCUT2D eigenvalue weighted by atomic mass is 35.5. The third-order valence-electron chi connectivity index (χ3n) is 3.13. The fourth-order valence-electron chi connectivity index (χ4n) is 2.28. The molecule has 0 aromatic heterocycles. The van der Waals surface area contributed by atoms with Gasteiger partial charge in [0.15, 0.2) is 11.6 Å². The topological polar surface area (TPSA) is 21.3 Å². The lowest BCUT2D eigenvalue weighted by molar-refractivity contribution is 0.0790. The number of piperidine rings is 1. The summed E-state index contributed by atoms with van der Waals surface area (Å²) in [6.45, 7) is 0.948. The van der Waals surface area contributed by atoms with Crippen LogP contribution in [0.4, 0.5) is 13.2 Å². The third kappa shape index (κ3) is 4.28. The van der Waals surface area contributed by atoms with Crippen molar-refractivity contribution in [2.75, 3.05) is 19.7 Å². The third-order valence-corrected chi connectivity index (χ3v) is 3.13. The minimum atomic E-state index is -2.59. The molecule has 1 aliphatic rings. The normalized spacial score (nSPS) is 16.2. The summed E-state index contributed by atoms with van der Waals surface area (Å²) in [5.41, 5.74) is 0.706. The van der Waals surface area contributed by atoms with Crippen molar-refractivity contribution in [3.8, 4) is 5.75 Å². The number of nitrogens with one attached hydrogen (secondary N) is 1. The molecule has 0 bridgehead atoms. The number of rotatable bonds is 4. The molecule has 1 heterocycles. The number of halogens is 4. The Labute approximate surface area is 116 Å². The quantitative estimate of drug-likeness (QED) is 0.920. The van der Waals surface area contributed by atoms with Gasteiger partial charge < -0.3 is 10.1 Å². The summed E-state index contributed by atoms with van der Waals surface area (Å²) < 4.78 is 42.9. The minimum absolute atomic E-state index is 0. The van der Waals surface area contributed by atoms with Crippen LogP contribution in [-0.2, 0) is 0 Å². The van der Waals surface area contributed by atoms with Crippen LogP contribution in [0.2, 0.25) is 0 Å². The summed E-state index contributed by atoms with van der Waals surface area (Å²) in [6, 6.07) is 4.60. The Kier molecular flexibility index (Phi) is 6.45. The number of ether oxygens (including phenoxy) is 1. The van der Waals surface area contributed by atoms with E-state index in [1.807, 2.05) is 0 Å². The second-order valence-corrected chi connectivity index (χ2v) is 4.38. The van der Waals surface area contributed by atoms with E-state index in [0.29, 0.717) is 5.56 Å². The molecule has 1 aromatic carbocycles. The molecular weight excluding hydrogens is 279 g/mol. The van der Waals surface area contributed by atoms with Gasteiger partial charge in [0, 0.05) is 5.56 Å². The second kappa shape index (κ2) is 7.60. The zero-order valence-electron chi connectivity index (χ0n) is 10.4. The van der Waals surface area contributed by atoms with Gasteiger partial charge in [0.2, 0.25) is 0 Å². The number of para-hydroxylation sites is 1. The van der Waals surface area contributed by atoms with Crippen molar-refractivity contribution in [1.82, 2.24) is 5.32 Å². The highest BCUT2D eigenvalue weighted by Crippen LogP contribution is 2.34. The molecule has 1 fully saturated rings. The number of hydrogen-bond acceptors (Lipinski definition) is 2. The van der Waals surface area contributed by atoms with Crippen LogP contribution in [0.3, 0.4) is 0 Å². The van der Waals surface area contributed by atoms with Gasteiger partial charge in [-0.2, -0.15) is 0 Å².